The Hall–Kier alpha value is -1.84. The second-order valence-corrected chi connectivity index (χ2v) is 3.20. The van der Waals surface area contributed by atoms with E-state index < -0.39 is 0 Å². The summed E-state index contributed by atoms with van der Waals surface area (Å²) in [7, 11) is 0. The number of hydrogen-bond acceptors (Lipinski definition) is 3. The monoisotopic (exact) mass is 207 g/mol. The normalized spacial score (nSPS) is 9.47. The minimum Gasteiger partial charge on any atom is -0.486 e. The number of rotatable bonds is 4. The Labute approximate surface area is 88.2 Å². The summed E-state index contributed by atoms with van der Waals surface area (Å²) >= 11 is 0. The van der Waals surface area contributed by atoms with Gasteiger partial charge in [-0.05, 0) is 19.1 Å². The maximum atomic E-state index is 10.8. The highest BCUT2D eigenvalue weighted by molar-refractivity contribution is 5.88. The average Bonchev–Trinajstić information content (AvgIpc) is 2.14. The first-order valence-electron chi connectivity index (χ1n) is 4.58. The van der Waals surface area contributed by atoms with Crippen LogP contribution in [0.15, 0.2) is 24.3 Å². The van der Waals surface area contributed by atoms with E-state index in [0.29, 0.717) is 11.4 Å². The molecule has 4 heteroatoms. The third-order valence-corrected chi connectivity index (χ3v) is 1.60. The van der Waals surface area contributed by atoms with Crippen molar-refractivity contribution in [2.24, 2.45) is 0 Å². The van der Waals surface area contributed by atoms with Crippen LogP contribution in [0.2, 0.25) is 0 Å². The maximum absolute atomic E-state index is 10.8. The first kappa shape index (κ1) is 11.2. The molecule has 0 aliphatic carbocycles. The molecule has 0 unspecified atom stereocenters. The molecule has 0 saturated heterocycles. The van der Waals surface area contributed by atoms with Crippen LogP contribution in [0.3, 0.4) is 0 Å². The molecule has 0 aliphatic rings. The minimum absolute atomic E-state index is 0.0417. The highest BCUT2D eigenvalue weighted by atomic mass is 16.5. The fourth-order valence-electron chi connectivity index (χ4n) is 1.05. The van der Waals surface area contributed by atoms with Gasteiger partial charge in [-0.25, -0.2) is 0 Å². The molecule has 0 fully saturated rings. The smallest absolute Gasteiger partial charge is 0.221 e. The van der Waals surface area contributed by atoms with Crippen LogP contribution in [0.5, 0.6) is 5.75 Å². The molecule has 0 bridgehead atoms. The lowest BCUT2D eigenvalue weighted by Crippen LogP contribution is -2.08. The van der Waals surface area contributed by atoms with Gasteiger partial charge in [0.2, 0.25) is 5.91 Å². The number of hydrogen-bond donors (Lipinski definition) is 1. The van der Waals surface area contributed by atoms with E-state index in [-0.39, 0.29) is 18.3 Å². The largest absolute Gasteiger partial charge is 0.486 e. The molecule has 80 valence electrons. The number of nitrogens with one attached hydrogen (secondary N) is 1. The Bertz CT molecular complexity index is 374. The van der Waals surface area contributed by atoms with Gasteiger partial charge in [-0.3, -0.25) is 9.59 Å². The summed E-state index contributed by atoms with van der Waals surface area (Å²) < 4.78 is 5.19. The van der Waals surface area contributed by atoms with E-state index in [0.717, 1.165) is 0 Å². The van der Waals surface area contributed by atoms with Crippen LogP contribution in [-0.4, -0.2) is 18.3 Å². The third kappa shape index (κ3) is 4.26. The molecular formula is C11H13NO3. The van der Waals surface area contributed by atoms with Crippen LogP contribution in [0.1, 0.15) is 13.8 Å². The first-order valence-corrected chi connectivity index (χ1v) is 4.58. The topological polar surface area (TPSA) is 55.4 Å². The van der Waals surface area contributed by atoms with Crippen molar-refractivity contribution in [2.75, 3.05) is 11.9 Å². The molecule has 1 aromatic carbocycles. The average molecular weight is 207 g/mol. The standard InChI is InChI=1S/C11H13NO3/c1-8(13)7-15-11-5-3-4-10(6-11)12-9(2)14/h3-6H,7H2,1-2H3,(H,12,14). The summed E-state index contributed by atoms with van der Waals surface area (Å²) in [6.07, 6.45) is 0. The van der Waals surface area contributed by atoms with Crippen LogP contribution in [0.4, 0.5) is 5.69 Å². The third-order valence-electron chi connectivity index (χ3n) is 1.60. The van der Waals surface area contributed by atoms with Crippen molar-refractivity contribution < 1.29 is 14.3 Å². The van der Waals surface area contributed by atoms with E-state index in [9.17, 15) is 9.59 Å². The second-order valence-electron chi connectivity index (χ2n) is 3.20. The van der Waals surface area contributed by atoms with Crippen LogP contribution >= 0.6 is 0 Å². The van der Waals surface area contributed by atoms with Gasteiger partial charge < -0.3 is 10.1 Å². The van der Waals surface area contributed by atoms with Crippen LogP contribution < -0.4 is 10.1 Å². The molecule has 1 N–H and O–H groups in total. The van der Waals surface area contributed by atoms with Crippen molar-refractivity contribution in [3.05, 3.63) is 24.3 Å². The van der Waals surface area contributed by atoms with E-state index in [1.165, 1.54) is 13.8 Å². The van der Waals surface area contributed by atoms with Crippen molar-refractivity contribution in [1.29, 1.82) is 0 Å². The SMILES string of the molecule is CC(=O)COc1cccc(NC(C)=O)c1. The summed E-state index contributed by atoms with van der Waals surface area (Å²) in [6.45, 7) is 2.93. The van der Waals surface area contributed by atoms with Gasteiger partial charge in [0.15, 0.2) is 5.78 Å². The minimum atomic E-state index is -0.140. The predicted octanol–water partition coefficient (Wildman–Crippen LogP) is 1.61. The van der Waals surface area contributed by atoms with Gasteiger partial charge >= 0.3 is 0 Å². The molecule has 0 aliphatic heterocycles. The van der Waals surface area contributed by atoms with Crippen molar-refractivity contribution in [2.45, 2.75) is 13.8 Å². The number of ether oxygens (including phenoxy) is 1. The highest BCUT2D eigenvalue weighted by Crippen LogP contribution is 2.17. The molecule has 15 heavy (non-hydrogen) atoms. The molecule has 0 atom stereocenters. The van der Waals surface area contributed by atoms with Crippen LogP contribution in [-0.2, 0) is 9.59 Å². The predicted molar refractivity (Wildman–Crippen MR) is 56.9 cm³/mol. The van der Waals surface area contributed by atoms with Crippen molar-refractivity contribution in [3.63, 3.8) is 0 Å². The zero-order valence-corrected chi connectivity index (χ0v) is 8.74. The molecule has 1 rings (SSSR count). The Morgan fingerprint density at radius 1 is 1.33 bits per heavy atom. The van der Waals surface area contributed by atoms with Gasteiger partial charge in [0.25, 0.3) is 0 Å². The fraction of sp³-hybridized carbons (Fsp3) is 0.273. The van der Waals surface area contributed by atoms with Gasteiger partial charge in [0.1, 0.15) is 12.4 Å². The number of carbonyl (C=O) groups excluding carboxylic acids is 2. The lowest BCUT2D eigenvalue weighted by atomic mass is 10.3. The molecule has 0 spiro atoms. The second kappa shape index (κ2) is 5.14. The number of anilines is 1. The first-order chi connectivity index (χ1) is 7.08. The summed E-state index contributed by atoms with van der Waals surface area (Å²) in [5, 5.41) is 2.63. The molecule has 1 aromatic rings. The van der Waals surface area contributed by atoms with Crippen molar-refractivity contribution in [1.82, 2.24) is 0 Å². The van der Waals surface area contributed by atoms with Crippen molar-refractivity contribution >= 4 is 17.4 Å². The van der Waals surface area contributed by atoms with E-state index in [1.54, 1.807) is 24.3 Å². The molecule has 4 nitrogen and oxygen atoms in total. The number of ketones is 1. The number of carbonyl (C=O) groups is 2. The summed E-state index contributed by atoms with van der Waals surface area (Å²) in [5.74, 6) is 0.384. The quantitative estimate of drug-likeness (QED) is 0.816. The Morgan fingerprint density at radius 2 is 2.07 bits per heavy atom. The lowest BCUT2D eigenvalue weighted by Gasteiger charge is -2.06. The number of benzene rings is 1. The molecule has 0 radical (unpaired) electrons. The van der Waals surface area contributed by atoms with E-state index in [4.69, 9.17) is 4.74 Å². The van der Waals surface area contributed by atoms with E-state index in [2.05, 4.69) is 5.32 Å². The maximum Gasteiger partial charge on any atom is 0.221 e. The Balaban J connectivity index is 2.65. The summed E-state index contributed by atoms with van der Waals surface area (Å²) in [4.78, 5) is 21.5. The van der Waals surface area contributed by atoms with Crippen molar-refractivity contribution in [3.8, 4) is 5.75 Å². The molecule has 0 heterocycles. The van der Waals surface area contributed by atoms with Gasteiger partial charge in [0, 0.05) is 18.7 Å². The highest BCUT2D eigenvalue weighted by Gasteiger charge is 1.99. The lowest BCUT2D eigenvalue weighted by molar-refractivity contribution is -0.119. The van der Waals surface area contributed by atoms with Gasteiger partial charge in [-0.1, -0.05) is 6.07 Å². The molecular weight excluding hydrogens is 194 g/mol. The number of amides is 1. The van der Waals surface area contributed by atoms with E-state index in [1.807, 2.05) is 0 Å². The summed E-state index contributed by atoms with van der Waals surface area (Å²) in [6, 6.07) is 6.90. The van der Waals surface area contributed by atoms with Crippen LogP contribution in [0, 0.1) is 0 Å². The zero-order valence-electron chi connectivity index (χ0n) is 8.74. The van der Waals surface area contributed by atoms with Gasteiger partial charge in [-0.2, -0.15) is 0 Å². The van der Waals surface area contributed by atoms with Gasteiger partial charge in [0.05, 0.1) is 0 Å². The fourth-order valence-corrected chi connectivity index (χ4v) is 1.05. The Morgan fingerprint density at radius 3 is 2.67 bits per heavy atom. The number of Topliss-reactive ketones (excluding diaryl/α,β-unsaturated/α-hetero) is 1. The molecule has 0 saturated carbocycles. The van der Waals surface area contributed by atoms with E-state index >= 15 is 0 Å². The Kier molecular flexibility index (Phi) is 3.85. The molecule has 0 aromatic heterocycles. The zero-order chi connectivity index (χ0) is 11.3. The van der Waals surface area contributed by atoms with Crippen LogP contribution in [0.25, 0.3) is 0 Å². The van der Waals surface area contributed by atoms with Gasteiger partial charge in [-0.15, -0.1) is 0 Å². The molecule has 1 amide bonds. The summed E-state index contributed by atoms with van der Waals surface area (Å²) in [5.41, 5.74) is 0.656.